The number of fused-ring (bicyclic) bond motifs is 1. The van der Waals surface area contributed by atoms with Gasteiger partial charge in [0.15, 0.2) is 11.8 Å². The molecule has 0 bridgehead atoms. The van der Waals surface area contributed by atoms with Gasteiger partial charge in [0, 0.05) is 19.7 Å². The number of aryl methyl sites for hydroxylation is 1. The van der Waals surface area contributed by atoms with E-state index in [0.29, 0.717) is 5.65 Å². The molecule has 2 rings (SSSR count). The lowest BCUT2D eigenvalue weighted by Gasteiger charge is -2.22. The van der Waals surface area contributed by atoms with E-state index in [9.17, 15) is 18.0 Å². The van der Waals surface area contributed by atoms with Crippen molar-refractivity contribution in [2.45, 2.75) is 25.6 Å². The third kappa shape index (κ3) is 3.58. The van der Waals surface area contributed by atoms with Gasteiger partial charge in [0.25, 0.3) is 0 Å². The van der Waals surface area contributed by atoms with Crippen LogP contribution in [0.3, 0.4) is 0 Å². The van der Waals surface area contributed by atoms with E-state index in [-0.39, 0.29) is 36.3 Å². The second-order valence-electron chi connectivity index (χ2n) is 5.02. The molecule has 24 heavy (non-hydrogen) atoms. The summed E-state index contributed by atoms with van der Waals surface area (Å²) in [6.07, 6.45) is -4.58. The fourth-order valence-corrected chi connectivity index (χ4v) is 2.17. The first-order valence-corrected chi connectivity index (χ1v) is 7.30. The highest BCUT2D eigenvalue weighted by Gasteiger charge is 2.42. The van der Waals surface area contributed by atoms with Crippen LogP contribution in [0.5, 0.6) is 5.75 Å². The van der Waals surface area contributed by atoms with Crippen molar-refractivity contribution in [1.82, 2.24) is 14.8 Å². The number of ether oxygens (including phenoxy) is 2. The maximum Gasteiger partial charge on any atom is 0.425 e. The summed E-state index contributed by atoms with van der Waals surface area (Å²) in [5.74, 6) is -1.04. The van der Waals surface area contributed by atoms with Crippen molar-refractivity contribution in [2.24, 2.45) is 7.05 Å². The van der Waals surface area contributed by atoms with Gasteiger partial charge < -0.3 is 15.2 Å². The molecule has 0 aliphatic carbocycles. The number of carbonyl (C=O) groups is 1. The first-order valence-electron chi connectivity index (χ1n) is 7.30. The number of nitrogens with zero attached hydrogens (tertiary/aromatic N) is 3. The summed E-state index contributed by atoms with van der Waals surface area (Å²) in [7, 11) is 1.58. The number of pyridine rings is 1. The zero-order valence-corrected chi connectivity index (χ0v) is 13.3. The number of halogens is 3. The molecule has 3 N–H and O–H groups in total. The molecule has 2 aromatic rings. The molecule has 0 aliphatic heterocycles. The molecule has 0 fully saturated rings. The van der Waals surface area contributed by atoms with Gasteiger partial charge in [0.2, 0.25) is 0 Å². The minimum absolute atomic E-state index is 0.0280. The molecule has 2 aromatic heterocycles. The largest absolute Gasteiger partial charge is 0.479 e. The molecule has 0 aliphatic rings. The SMILES string of the molecule is CCOC(=O)c1cnc2c(cnn2C)c1O[C@@H](CC[NH3+])C(F)(F)F. The molecule has 0 aromatic carbocycles. The lowest BCUT2D eigenvalue weighted by molar-refractivity contribution is -0.375. The Kier molecular flexibility index (Phi) is 5.27. The zero-order valence-electron chi connectivity index (χ0n) is 13.3. The molecule has 2 heterocycles. The Bertz CT molecular complexity index is 730. The van der Waals surface area contributed by atoms with Crippen LogP contribution in [-0.4, -0.2) is 46.2 Å². The van der Waals surface area contributed by atoms with E-state index < -0.39 is 18.2 Å². The number of quaternary nitrogens is 1. The summed E-state index contributed by atoms with van der Waals surface area (Å²) in [6, 6.07) is 0. The van der Waals surface area contributed by atoms with Crippen molar-refractivity contribution in [3.8, 4) is 5.75 Å². The van der Waals surface area contributed by atoms with Gasteiger partial charge in [-0.3, -0.25) is 4.68 Å². The van der Waals surface area contributed by atoms with Gasteiger partial charge >= 0.3 is 12.1 Å². The first-order chi connectivity index (χ1) is 11.3. The standard InChI is InChI=1S/C14H17F3N4O3/c1-3-23-13(22)9-6-19-12-8(7-20-21(12)2)11(9)24-10(4-5-18)14(15,16)17/h6-7,10H,3-5,18H2,1-2H3/p+1/t10-/m0/s1. The van der Waals surface area contributed by atoms with Gasteiger partial charge in [-0.05, 0) is 6.92 Å². The number of carbonyl (C=O) groups excluding carboxylic acids is 1. The topological polar surface area (TPSA) is 93.9 Å². The summed E-state index contributed by atoms with van der Waals surface area (Å²) in [5, 5.41) is 4.16. The third-order valence-corrected chi connectivity index (χ3v) is 3.30. The quantitative estimate of drug-likeness (QED) is 0.790. The Morgan fingerprint density at radius 3 is 2.71 bits per heavy atom. The van der Waals surface area contributed by atoms with Crippen LogP contribution in [0.1, 0.15) is 23.7 Å². The predicted octanol–water partition coefficient (Wildman–Crippen LogP) is 1.09. The maximum absolute atomic E-state index is 13.2. The molecule has 0 radical (unpaired) electrons. The lowest BCUT2D eigenvalue weighted by Crippen LogP contribution is -2.53. The Hall–Kier alpha value is -2.36. The highest BCUT2D eigenvalue weighted by molar-refractivity contribution is 5.98. The summed E-state index contributed by atoms with van der Waals surface area (Å²) in [4.78, 5) is 16.1. The van der Waals surface area contributed by atoms with Gasteiger partial charge in [0.1, 0.15) is 11.3 Å². The van der Waals surface area contributed by atoms with Gasteiger partial charge in [-0.1, -0.05) is 0 Å². The normalized spacial score (nSPS) is 13.1. The fourth-order valence-electron chi connectivity index (χ4n) is 2.17. The number of rotatable bonds is 6. The average molecular weight is 347 g/mol. The number of esters is 1. The Balaban J connectivity index is 2.55. The van der Waals surface area contributed by atoms with Gasteiger partial charge in [0.05, 0.1) is 24.7 Å². The van der Waals surface area contributed by atoms with Crippen LogP contribution in [0.25, 0.3) is 11.0 Å². The van der Waals surface area contributed by atoms with E-state index >= 15 is 0 Å². The molecule has 0 saturated carbocycles. The molecule has 0 amide bonds. The highest BCUT2D eigenvalue weighted by Crippen LogP contribution is 2.34. The van der Waals surface area contributed by atoms with Crippen LogP contribution in [0.4, 0.5) is 13.2 Å². The Morgan fingerprint density at radius 2 is 2.12 bits per heavy atom. The van der Waals surface area contributed by atoms with Crippen molar-refractivity contribution in [2.75, 3.05) is 13.2 Å². The molecular weight excluding hydrogens is 329 g/mol. The third-order valence-electron chi connectivity index (χ3n) is 3.30. The summed E-state index contributed by atoms with van der Waals surface area (Å²) in [5.41, 5.74) is 3.56. The van der Waals surface area contributed by atoms with Crippen molar-refractivity contribution in [3.05, 3.63) is 18.0 Å². The predicted molar refractivity (Wildman–Crippen MR) is 77.3 cm³/mol. The fraction of sp³-hybridized carbons (Fsp3) is 0.500. The minimum atomic E-state index is -4.60. The Labute approximate surface area is 135 Å². The van der Waals surface area contributed by atoms with Gasteiger partial charge in [-0.2, -0.15) is 18.3 Å². The number of hydrogen-bond acceptors (Lipinski definition) is 5. The van der Waals surface area contributed by atoms with Gasteiger partial charge in [-0.25, -0.2) is 9.78 Å². The maximum atomic E-state index is 13.2. The van der Waals surface area contributed by atoms with Crippen LogP contribution < -0.4 is 10.5 Å². The van der Waals surface area contributed by atoms with E-state index in [4.69, 9.17) is 9.47 Å². The monoisotopic (exact) mass is 347 g/mol. The molecule has 10 heteroatoms. The van der Waals surface area contributed by atoms with E-state index in [1.165, 1.54) is 10.9 Å². The molecule has 0 spiro atoms. The van der Waals surface area contributed by atoms with E-state index in [0.717, 1.165) is 6.20 Å². The second kappa shape index (κ2) is 7.04. The second-order valence-corrected chi connectivity index (χ2v) is 5.02. The molecular formula is C14H18F3N4O3+. The van der Waals surface area contributed by atoms with E-state index in [1.54, 1.807) is 14.0 Å². The summed E-state index contributed by atoms with van der Waals surface area (Å²) >= 11 is 0. The van der Waals surface area contributed by atoms with Crippen LogP contribution >= 0.6 is 0 Å². The van der Waals surface area contributed by atoms with Crippen molar-refractivity contribution in [1.29, 1.82) is 0 Å². The van der Waals surface area contributed by atoms with Crippen LogP contribution in [0, 0.1) is 0 Å². The zero-order chi connectivity index (χ0) is 17.9. The average Bonchev–Trinajstić information content (AvgIpc) is 2.88. The number of aromatic nitrogens is 3. The highest BCUT2D eigenvalue weighted by atomic mass is 19.4. The van der Waals surface area contributed by atoms with Gasteiger partial charge in [-0.15, -0.1) is 0 Å². The number of hydrogen-bond donors (Lipinski definition) is 1. The molecule has 0 unspecified atom stereocenters. The lowest BCUT2D eigenvalue weighted by atomic mass is 10.2. The molecule has 1 atom stereocenters. The molecule has 7 nitrogen and oxygen atoms in total. The minimum Gasteiger partial charge on any atom is -0.479 e. The van der Waals surface area contributed by atoms with Crippen LogP contribution in [0.15, 0.2) is 12.4 Å². The summed E-state index contributed by atoms with van der Waals surface area (Å²) < 4.78 is 51.0. The smallest absolute Gasteiger partial charge is 0.425 e. The number of alkyl halides is 3. The van der Waals surface area contributed by atoms with Crippen LogP contribution in [-0.2, 0) is 11.8 Å². The Morgan fingerprint density at radius 1 is 1.42 bits per heavy atom. The molecule has 132 valence electrons. The van der Waals surface area contributed by atoms with Crippen molar-refractivity contribution in [3.63, 3.8) is 0 Å². The van der Waals surface area contributed by atoms with Crippen LogP contribution in [0.2, 0.25) is 0 Å². The van der Waals surface area contributed by atoms with E-state index in [2.05, 4.69) is 15.8 Å². The van der Waals surface area contributed by atoms with E-state index in [1.807, 2.05) is 0 Å². The van der Waals surface area contributed by atoms with Crippen molar-refractivity contribution >= 4 is 17.0 Å². The molecule has 0 saturated heterocycles. The summed E-state index contributed by atoms with van der Waals surface area (Å²) in [6.45, 7) is 1.70. The first kappa shape index (κ1) is 18.0. The van der Waals surface area contributed by atoms with Crippen molar-refractivity contribution < 1.29 is 33.2 Å².